The van der Waals surface area contributed by atoms with Gasteiger partial charge in [-0.1, -0.05) is 74.9 Å². The summed E-state index contributed by atoms with van der Waals surface area (Å²) in [5.41, 5.74) is 2.56. The number of carboxylic acid groups (broad SMARTS) is 1. The number of carbonyl (C=O) groups is 1. The van der Waals surface area contributed by atoms with Gasteiger partial charge in [-0.2, -0.15) is 4.98 Å². The second kappa shape index (κ2) is 12.9. The lowest BCUT2D eigenvalue weighted by molar-refractivity contribution is 0.194. The Kier molecular flexibility index (Phi) is 10.1. The number of benzene rings is 1. The Hall–Kier alpha value is -2.37. The molecule has 1 aromatic heterocycles. The van der Waals surface area contributed by atoms with E-state index in [1.807, 2.05) is 0 Å². The fraction of sp³-hybridized carbons (Fsp3) is 0.591. The summed E-state index contributed by atoms with van der Waals surface area (Å²) in [5.74, 6) is 1.22. The summed E-state index contributed by atoms with van der Waals surface area (Å²) < 4.78 is 5.23. The van der Waals surface area contributed by atoms with Crippen LogP contribution in [0, 0.1) is 0 Å². The second-order valence-electron chi connectivity index (χ2n) is 7.30. The molecule has 2 rings (SSSR count). The molecule has 2 N–H and O–H groups in total. The maximum Gasteiger partial charge on any atom is 0.404 e. The van der Waals surface area contributed by atoms with Gasteiger partial charge in [-0.25, -0.2) is 4.79 Å². The van der Waals surface area contributed by atoms with Crippen molar-refractivity contribution in [3.63, 3.8) is 0 Å². The van der Waals surface area contributed by atoms with Crippen molar-refractivity contribution in [1.82, 2.24) is 15.5 Å². The molecule has 2 aromatic rings. The van der Waals surface area contributed by atoms with Crippen LogP contribution in [0.1, 0.15) is 81.1 Å². The molecule has 0 unspecified atom stereocenters. The maximum absolute atomic E-state index is 10.4. The van der Waals surface area contributed by atoms with E-state index in [2.05, 4.69) is 46.6 Å². The van der Waals surface area contributed by atoms with Crippen molar-refractivity contribution >= 4 is 6.09 Å². The van der Waals surface area contributed by atoms with Gasteiger partial charge in [-0.15, -0.1) is 0 Å². The third-order valence-electron chi connectivity index (χ3n) is 4.81. The highest BCUT2D eigenvalue weighted by molar-refractivity contribution is 5.64. The van der Waals surface area contributed by atoms with Gasteiger partial charge in [0.15, 0.2) is 5.82 Å². The van der Waals surface area contributed by atoms with E-state index in [1.165, 1.54) is 56.1 Å². The molecule has 0 spiro atoms. The van der Waals surface area contributed by atoms with Crippen LogP contribution in [0.4, 0.5) is 4.79 Å². The molecule has 0 aliphatic rings. The molecule has 28 heavy (non-hydrogen) atoms. The first-order valence-electron chi connectivity index (χ1n) is 10.5. The predicted molar refractivity (Wildman–Crippen MR) is 110 cm³/mol. The summed E-state index contributed by atoms with van der Waals surface area (Å²) in [6.45, 7) is 2.64. The summed E-state index contributed by atoms with van der Waals surface area (Å²) in [4.78, 5) is 14.8. The molecule has 0 radical (unpaired) electrons. The van der Waals surface area contributed by atoms with Crippen molar-refractivity contribution in [2.45, 2.75) is 77.6 Å². The number of aryl methyl sites for hydroxylation is 2. The van der Waals surface area contributed by atoms with Gasteiger partial charge in [0.25, 0.3) is 0 Å². The number of hydrogen-bond donors (Lipinski definition) is 2. The predicted octanol–water partition coefficient (Wildman–Crippen LogP) is 5.15. The van der Waals surface area contributed by atoms with E-state index < -0.39 is 6.09 Å². The normalized spacial score (nSPS) is 10.9. The van der Waals surface area contributed by atoms with Gasteiger partial charge >= 0.3 is 6.09 Å². The summed E-state index contributed by atoms with van der Waals surface area (Å²) in [6, 6.07) is 8.68. The number of rotatable bonds is 14. The second-order valence-corrected chi connectivity index (χ2v) is 7.30. The van der Waals surface area contributed by atoms with Crippen LogP contribution in [-0.4, -0.2) is 27.9 Å². The summed E-state index contributed by atoms with van der Waals surface area (Å²) in [7, 11) is 0. The van der Waals surface area contributed by atoms with E-state index in [0.29, 0.717) is 37.5 Å². The van der Waals surface area contributed by atoms with Crippen molar-refractivity contribution in [2.24, 2.45) is 0 Å². The molecule has 6 heteroatoms. The average molecular weight is 388 g/mol. The molecule has 0 aliphatic heterocycles. The molecule has 6 nitrogen and oxygen atoms in total. The fourth-order valence-electron chi connectivity index (χ4n) is 3.19. The van der Waals surface area contributed by atoms with Crippen LogP contribution in [-0.2, 0) is 19.3 Å². The molecular formula is C22H33N3O3. The molecule has 0 atom stereocenters. The SMILES string of the molecule is CCCCCCCCCc1ccc(Cc2noc(CCCNC(=O)O)n2)cc1. The van der Waals surface area contributed by atoms with E-state index in [9.17, 15) is 4.79 Å². The van der Waals surface area contributed by atoms with Gasteiger partial charge in [-0.05, 0) is 30.4 Å². The Labute approximate surface area is 167 Å². The smallest absolute Gasteiger partial charge is 0.404 e. The first-order chi connectivity index (χ1) is 13.7. The molecular weight excluding hydrogens is 354 g/mol. The van der Waals surface area contributed by atoms with Gasteiger partial charge in [0.05, 0.1) is 0 Å². The minimum absolute atomic E-state index is 0.382. The topological polar surface area (TPSA) is 88.2 Å². The van der Waals surface area contributed by atoms with Crippen LogP contribution < -0.4 is 5.32 Å². The quantitative estimate of drug-likeness (QED) is 0.437. The van der Waals surface area contributed by atoms with Crippen molar-refractivity contribution in [3.05, 3.63) is 47.1 Å². The Balaban J connectivity index is 1.66. The van der Waals surface area contributed by atoms with E-state index in [-0.39, 0.29) is 0 Å². The maximum atomic E-state index is 10.4. The summed E-state index contributed by atoms with van der Waals surface area (Å²) in [5, 5.41) is 14.9. The van der Waals surface area contributed by atoms with E-state index in [0.717, 1.165) is 6.42 Å². The molecule has 1 heterocycles. The molecule has 0 fully saturated rings. The van der Waals surface area contributed by atoms with Gasteiger partial charge in [0.2, 0.25) is 5.89 Å². The number of nitrogens with zero attached hydrogens (tertiary/aromatic N) is 2. The Morgan fingerprint density at radius 1 is 0.964 bits per heavy atom. The van der Waals surface area contributed by atoms with Crippen LogP contribution >= 0.6 is 0 Å². The van der Waals surface area contributed by atoms with Crippen LogP contribution in [0.2, 0.25) is 0 Å². The van der Waals surface area contributed by atoms with E-state index >= 15 is 0 Å². The Morgan fingerprint density at radius 3 is 2.36 bits per heavy atom. The highest BCUT2D eigenvalue weighted by atomic mass is 16.5. The highest BCUT2D eigenvalue weighted by Crippen LogP contribution is 2.13. The zero-order chi connectivity index (χ0) is 20.0. The van der Waals surface area contributed by atoms with Crippen molar-refractivity contribution in [1.29, 1.82) is 0 Å². The van der Waals surface area contributed by atoms with Gasteiger partial charge < -0.3 is 14.9 Å². The first kappa shape index (κ1) is 21.9. The minimum Gasteiger partial charge on any atom is -0.465 e. The fourth-order valence-corrected chi connectivity index (χ4v) is 3.19. The molecule has 1 aromatic carbocycles. The molecule has 154 valence electrons. The zero-order valence-corrected chi connectivity index (χ0v) is 17.0. The number of amides is 1. The number of unbranched alkanes of at least 4 members (excludes halogenated alkanes) is 6. The molecule has 0 aliphatic carbocycles. The van der Waals surface area contributed by atoms with Gasteiger partial charge in [0, 0.05) is 19.4 Å². The van der Waals surface area contributed by atoms with Crippen molar-refractivity contribution in [3.8, 4) is 0 Å². The van der Waals surface area contributed by atoms with Crippen molar-refractivity contribution < 1.29 is 14.4 Å². The molecule has 0 saturated carbocycles. The monoisotopic (exact) mass is 387 g/mol. The van der Waals surface area contributed by atoms with Gasteiger partial charge in [0.1, 0.15) is 0 Å². The molecule has 0 saturated heterocycles. The van der Waals surface area contributed by atoms with Crippen LogP contribution in [0.15, 0.2) is 28.8 Å². The molecule has 1 amide bonds. The lowest BCUT2D eigenvalue weighted by atomic mass is 10.0. The van der Waals surface area contributed by atoms with Gasteiger partial charge in [-0.3, -0.25) is 0 Å². The summed E-state index contributed by atoms with van der Waals surface area (Å²) >= 11 is 0. The standard InChI is InChI=1S/C22H33N3O3/c1-2-3-4-5-6-7-8-10-18-12-14-19(15-13-18)17-20-24-21(28-25-20)11-9-16-23-22(26)27/h12-15,23H,2-11,16-17H2,1H3,(H,26,27). The highest BCUT2D eigenvalue weighted by Gasteiger charge is 2.07. The number of hydrogen-bond acceptors (Lipinski definition) is 4. The third kappa shape index (κ3) is 9.02. The zero-order valence-electron chi connectivity index (χ0n) is 17.0. The van der Waals surface area contributed by atoms with Crippen LogP contribution in [0.5, 0.6) is 0 Å². The van der Waals surface area contributed by atoms with Crippen LogP contribution in [0.3, 0.4) is 0 Å². The lowest BCUT2D eigenvalue weighted by Crippen LogP contribution is -2.22. The Morgan fingerprint density at radius 2 is 1.64 bits per heavy atom. The lowest BCUT2D eigenvalue weighted by Gasteiger charge is -2.04. The first-order valence-corrected chi connectivity index (χ1v) is 10.5. The average Bonchev–Trinajstić information content (AvgIpc) is 3.13. The number of nitrogens with one attached hydrogen (secondary N) is 1. The largest absolute Gasteiger partial charge is 0.465 e. The van der Waals surface area contributed by atoms with Crippen LogP contribution in [0.25, 0.3) is 0 Å². The van der Waals surface area contributed by atoms with E-state index in [1.54, 1.807) is 0 Å². The summed E-state index contributed by atoms with van der Waals surface area (Å²) in [6.07, 6.45) is 11.3. The third-order valence-corrected chi connectivity index (χ3v) is 4.81. The Bertz CT molecular complexity index is 683. The minimum atomic E-state index is -1.01. The number of aromatic nitrogens is 2. The van der Waals surface area contributed by atoms with E-state index in [4.69, 9.17) is 9.63 Å². The molecule has 0 bridgehead atoms. The van der Waals surface area contributed by atoms with Crippen molar-refractivity contribution in [2.75, 3.05) is 6.54 Å².